The number of hydrogen-bond donors (Lipinski definition) is 0. The number of aromatic nitrogens is 2. The second kappa shape index (κ2) is 6.96. The first-order chi connectivity index (χ1) is 11.1. The van der Waals surface area contributed by atoms with Gasteiger partial charge in [0.25, 0.3) is 0 Å². The molecule has 0 unspecified atom stereocenters. The average molecular weight is 312 g/mol. The van der Waals surface area contributed by atoms with Gasteiger partial charge in [-0.25, -0.2) is 0 Å². The number of carbonyl (C=O) groups is 1. The highest BCUT2D eigenvalue weighted by molar-refractivity contribution is 5.76. The van der Waals surface area contributed by atoms with Crippen molar-refractivity contribution in [1.29, 1.82) is 0 Å². The Morgan fingerprint density at radius 3 is 2.39 bits per heavy atom. The third-order valence-corrected chi connectivity index (χ3v) is 4.36. The van der Waals surface area contributed by atoms with Gasteiger partial charge in [0.05, 0.1) is 5.69 Å². The maximum atomic E-state index is 12.4. The topological polar surface area (TPSA) is 41.4 Å². The molecule has 0 aliphatic carbocycles. The first kappa shape index (κ1) is 15.7. The molecule has 5 nitrogen and oxygen atoms in total. The molecule has 2 aromatic rings. The Hall–Kier alpha value is -2.14. The van der Waals surface area contributed by atoms with Gasteiger partial charge in [-0.05, 0) is 25.5 Å². The quantitative estimate of drug-likeness (QED) is 0.865. The third-order valence-electron chi connectivity index (χ3n) is 4.36. The van der Waals surface area contributed by atoms with E-state index >= 15 is 0 Å². The zero-order valence-corrected chi connectivity index (χ0v) is 13.9. The van der Waals surface area contributed by atoms with E-state index in [4.69, 9.17) is 0 Å². The van der Waals surface area contributed by atoms with E-state index in [0.29, 0.717) is 6.54 Å². The van der Waals surface area contributed by atoms with Crippen molar-refractivity contribution in [3.8, 4) is 0 Å². The smallest absolute Gasteiger partial charge is 0.244 e. The summed E-state index contributed by atoms with van der Waals surface area (Å²) in [6, 6.07) is 12.5. The maximum Gasteiger partial charge on any atom is 0.244 e. The van der Waals surface area contributed by atoms with Crippen molar-refractivity contribution >= 4 is 5.91 Å². The molecule has 2 heterocycles. The maximum absolute atomic E-state index is 12.4. The molecule has 1 amide bonds. The van der Waals surface area contributed by atoms with Crippen LogP contribution in [0, 0.1) is 13.8 Å². The highest BCUT2D eigenvalue weighted by Gasteiger charge is 2.21. The molecule has 1 saturated heterocycles. The van der Waals surface area contributed by atoms with E-state index in [2.05, 4.69) is 34.3 Å². The second-order valence-corrected chi connectivity index (χ2v) is 6.23. The number of amides is 1. The molecule has 0 saturated carbocycles. The predicted octanol–water partition coefficient (Wildman–Crippen LogP) is 1.84. The predicted molar refractivity (Wildman–Crippen MR) is 90.0 cm³/mol. The Balaban J connectivity index is 1.50. The van der Waals surface area contributed by atoms with Crippen LogP contribution < -0.4 is 0 Å². The summed E-state index contributed by atoms with van der Waals surface area (Å²) in [6.45, 7) is 8.70. The van der Waals surface area contributed by atoms with Crippen molar-refractivity contribution in [1.82, 2.24) is 19.6 Å². The first-order valence-corrected chi connectivity index (χ1v) is 8.17. The van der Waals surface area contributed by atoms with E-state index < -0.39 is 0 Å². The minimum absolute atomic E-state index is 0.163. The lowest BCUT2D eigenvalue weighted by Crippen LogP contribution is -2.49. The zero-order chi connectivity index (χ0) is 16.2. The average Bonchev–Trinajstić information content (AvgIpc) is 2.86. The molecule has 1 aromatic heterocycles. The first-order valence-electron chi connectivity index (χ1n) is 8.17. The molecule has 1 aliphatic heterocycles. The summed E-state index contributed by atoms with van der Waals surface area (Å²) in [5.74, 6) is 0.163. The van der Waals surface area contributed by atoms with Crippen LogP contribution >= 0.6 is 0 Å². The van der Waals surface area contributed by atoms with Crippen molar-refractivity contribution < 1.29 is 4.79 Å². The van der Waals surface area contributed by atoms with E-state index in [0.717, 1.165) is 44.1 Å². The molecule has 23 heavy (non-hydrogen) atoms. The molecule has 3 rings (SSSR count). The van der Waals surface area contributed by atoms with Gasteiger partial charge >= 0.3 is 0 Å². The van der Waals surface area contributed by atoms with E-state index in [9.17, 15) is 4.79 Å². The molecule has 122 valence electrons. The standard InChI is InChI=1S/C18H24N4O/c1-15-12-16(2)22(19-15)14-18(23)21-10-8-20(9-11-21)13-17-6-4-3-5-7-17/h3-7,12H,8-11,13-14H2,1-2H3. The van der Waals surface area contributed by atoms with Gasteiger partial charge in [0.1, 0.15) is 6.54 Å². The molecule has 0 spiro atoms. The van der Waals surface area contributed by atoms with Gasteiger partial charge in [-0.3, -0.25) is 14.4 Å². The Morgan fingerprint density at radius 2 is 1.78 bits per heavy atom. The summed E-state index contributed by atoms with van der Waals surface area (Å²) in [6.07, 6.45) is 0. The van der Waals surface area contributed by atoms with Crippen LogP contribution in [0.5, 0.6) is 0 Å². The SMILES string of the molecule is Cc1cc(C)n(CC(=O)N2CCN(Cc3ccccc3)CC2)n1. The Kier molecular flexibility index (Phi) is 4.76. The zero-order valence-electron chi connectivity index (χ0n) is 13.9. The molecule has 0 atom stereocenters. The van der Waals surface area contributed by atoms with Gasteiger partial charge in [0.2, 0.25) is 5.91 Å². The van der Waals surface area contributed by atoms with Crippen LogP contribution in [0.15, 0.2) is 36.4 Å². The number of hydrogen-bond acceptors (Lipinski definition) is 3. The molecule has 1 aliphatic rings. The highest BCUT2D eigenvalue weighted by atomic mass is 16.2. The largest absolute Gasteiger partial charge is 0.339 e. The molecule has 0 N–H and O–H groups in total. The number of benzene rings is 1. The van der Waals surface area contributed by atoms with Gasteiger partial charge in [0, 0.05) is 38.4 Å². The fourth-order valence-electron chi connectivity index (χ4n) is 3.06. The van der Waals surface area contributed by atoms with E-state index in [1.165, 1.54) is 5.56 Å². The Morgan fingerprint density at radius 1 is 1.09 bits per heavy atom. The van der Waals surface area contributed by atoms with E-state index in [1.807, 2.05) is 30.9 Å². The van der Waals surface area contributed by atoms with Crippen molar-refractivity contribution in [3.63, 3.8) is 0 Å². The minimum atomic E-state index is 0.163. The molecule has 1 fully saturated rings. The fourth-order valence-corrected chi connectivity index (χ4v) is 3.06. The number of nitrogens with zero attached hydrogens (tertiary/aromatic N) is 4. The monoisotopic (exact) mass is 312 g/mol. The van der Waals surface area contributed by atoms with Crippen LogP contribution in [0.3, 0.4) is 0 Å². The lowest BCUT2D eigenvalue weighted by atomic mass is 10.2. The van der Waals surface area contributed by atoms with Gasteiger partial charge in [0.15, 0.2) is 0 Å². The lowest BCUT2D eigenvalue weighted by molar-refractivity contribution is -0.133. The van der Waals surface area contributed by atoms with Crippen molar-refractivity contribution in [2.75, 3.05) is 26.2 Å². The fraction of sp³-hybridized carbons (Fsp3) is 0.444. The highest BCUT2D eigenvalue weighted by Crippen LogP contribution is 2.09. The van der Waals surface area contributed by atoms with E-state index in [1.54, 1.807) is 4.68 Å². The summed E-state index contributed by atoms with van der Waals surface area (Å²) in [5, 5.41) is 4.37. The molecule has 0 radical (unpaired) electrons. The van der Waals surface area contributed by atoms with Crippen LogP contribution in [0.1, 0.15) is 17.0 Å². The molecule has 5 heteroatoms. The Bertz CT molecular complexity index is 657. The number of piperazine rings is 1. The summed E-state index contributed by atoms with van der Waals surface area (Å²) in [4.78, 5) is 16.8. The molecular weight excluding hydrogens is 288 g/mol. The number of carbonyl (C=O) groups excluding carboxylic acids is 1. The summed E-state index contributed by atoms with van der Waals surface area (Å²) >= 11 is 0. The molecule has 1 aromatic carbocycles. The second-order valence-electron chi connectivity index (χ2n) is 6.23. The van der Waals surface area contributed by atoms with Crippen LogP contribution in [-0.4, -0.2) is 51.7 Å². The third kappa shape index (κ3) is 3.99. The van der Waals surface area contributed by atoms with Crippen LogP contribution in [0.4, 0.5) is 0 Å². The van der Waals surface area contributed by atoms with Crippen LogP contribution in [-0.2, 0) is 17.9 Å². The van der Waals surface area contributed by atoms with E-state index in [-0.39, 0.29) is 5.91 Å². The Labute approximate surface area is 137 Å². The van der Waals surface area contributed by atoms with Gasteiger partial charge in [-0.2, -0.15) is 5.10 Å². The number of aryl methyl sites for hydroxylation is 2. The summed E-state index contributed by atoms with van der Waals surface area (Å²) in [7, 11) is 0. The van der Waals surface area contributed by atoms with Crippen molar-refractivity contribution in [2.24, 2.45) is 0 Å². The van der Waals surface area contributed by atoms with Gasteiger partial charge in [-0.1, -0.05) is 30.3 Å². The van der Waals surface area contributed by atoms with Crippen molar-refractivity contribution in [3.05, 3.63) is 53.3 Å². The normalized spacial score (nSPS) is 15.8. The van der Waals surface area contributed by atoms with Gasteiger partial charge < -0.3 is 4.90 Å². The molecular formula is C18H24N4O. The minimum Gasteiger partial charge on any atom is -0.339 e. The van der Waals surface area contributed by atoms with Gasteiger partial charge in [-0.15, -0.1) is 0 Å². The van der Waals surface area contributed by atoms with Crippen LogP contribution in [0.2, 0.25) is 0 Å². The summed E-state index contributed by atoms with van der Waals surface area (Å²) in [5.41, 5.74) is 3.33. The van der Waals surface area contributed by atoms with Crippen LogP contribution in [0.25, 0.3) is 0 Å². The summed E-state index contributed by atoms with van der Waals surface area (Å²) < 4.78 is 1.80. The van der Waals surface area contributed by atoms with Crippen molar-refractivity contribution in [2.45, 2.75) is 26.9 Å². The molecule has 0 bridgehead atoms. The lowest BCUT2D eigenvalue weighted by Gasteiger charge is -2.34. The number of rotatable bonds is 4.